The van der Waals surface area contributed by atoms with Gasteiger partial charge in [0.25, 0.3) is 5.91 Å². The molecular formula is C16H18N2O3. The van der Waals surface area contributed by atoms with Crippen LogP contribution in [0.5, 0.6) is 11.6 Å². The summed E-state index contributed by atoms with van der Waals surface area (Å²) < 4.78 is 10.5. The van der Waals surface area contributed by atoms with Gasteiger partial charge in [0.2, 0.25) is 5.88 Å². The molecule has 1 amide bonds. The number of rotatable bonds is 5. The van der Waals surface area contributed by atoms with Crippen LogP contribution in [0.2, 0.25) is 0 Å². The molecule has 5 heteroatoms. The van der Waals surface area contributed by atoms with Crippen LogP contribution in [0.3, 0.4) is 0 Å². The van der Waals surface area contributed by atoms with E-state index < -0.39 is 0 Å². The quantitative estimate of drug-likeness (QED) is 0.918. The number of nitrogens with zero attached hydrogens (tertiary/aromatic N) is 1. The number of nitrogens with one attached hydrogen (secondary N) is 1. The first-order valence-corrected chi connectivity index (χ1v) is 6.59. The van der Waals surface area contributed by atoms with Gasteiger partial charge in [-0.3, -0.25) is 4.79 Å². The van der Waals surface area contributed by atoms with Crippen LogP contribution in [-0.2, 0) is 4.79 Å². The van der Waals surface area contributed by atoms with Crippen molar-refractivity contribution in [1.29, 1.82) is 0 Å². The zero-order chi connectivity index (χ0) is 15.2. The Kier molecular flexibility index (Phi) is 4.77. The van der Waals surface area contributed by atoms with Gasteiger partial charge >= 0.3 is 0 Å². The molecule has 2 aromatic rings. The van der Waals surface area contributed by atoms with Gasteiger partial charge in [-0.1, -0.05) is 12.1 Å². The van der Waals surface area contributed by atoms with Gasteiger partial charge in [0, 0.05) is 6.07 Å². The van der Waals surface area contributed by atoms with Crippen LogP contribution in [0.1, 0.15) is 11.1 Å². The predicted molar refractivity (Wildman–Crippen MR) is 80.8 cm³/mol. The highest BCUT2D eigenvalue weighted by Gasteiger charge is 2.07. The predicted octanol–water partition coefficient (Wildman–Crippen LogP) is 2.72. The lowest BCUT2D eigenvalue weighted by Crippen LogP contribution is -2.20. The number of hydrogen-bond acceptors (Lipinski definition) is 4. The number of anilines is 1. The minimum absolute atomic E-state index is 0.0453. The van der Waals surface area contributed by atoms with E-state index in [-0.39, 0.29) is 12.5 Å². The maximum atomic E-state index is 11.8. The second-order valence-electron chi connectivity index (χ2n) is 4.62. The fourth-order valence-electron chi connectivity index (χ4n) is 1.80. The first kappa shape index (κ1) is 14.8. The molecule has 1 aromatic heterocycles. The molecule has 0 unspecified atom stereocenters. The molecule has 5 nitrogen and oxygen atoms in total. The van der Waals surface area contributed by atoms with Gasteiger partial charge < -0.3 is 14.8 Å². The Morgan fingerprint density at radius 3 is 2.71 bits per heavy atom. The SMILES string of the molecule is COc1ccc(NC(=O)COc2cccc(C)c2C)cn1. The molecule has 0 fully saturated rings. The molecule has 1 aromatic carbocycles. The number of aryl methyl sites for hydroxylation is 1. The third-order valence-corrected chi connectivity index (χ3v) is 3.14. The smallest absolute Gasteiger partial charge is 0.262 e. The number of methoxy groups -OCH3 is 1. The fourth-order valence-corrected chi connectivity index (χ4v) is 1.80. The average Bonchev–Trinajstić information content (AvgIpc) is 2.49. The van der Waals surface area contributed by atoms with E-state index >= 15 is 0 Å². The molecule has 0 atom stereocenters. The Bertz CT molecular complexity index is 624. The van der Waals surface area contributed by atoms with Crippen molar-refractivity contribution >= 4 is 11.6 Å². The topological polar surface area (TPSA) is 60.5 Å². The summed E-state index contributed by atoms with van der Waals surface area (Å²) in [5.41, 5.74) is 2.77. The Balaban J connectivity index is 1.91. The number of amides is 1. The van der Waals surface area contributed by atoms with Crippen LogP contribution in [-0.4, -0.2) is 24.6 Å². The number of aromatic nitrogens is 1. The van der Waals surface area contributed by atoms with Crippen molar-refractivity contribution in [3.05, 3.63) is 47.7 Å². The largest absolute Gasteiger partial charge is 0.483 e. The normalized spacial score (nSPS) is 10.0. The highest BCUT2D eigenvalue weighted by molar-refractivity contribution is 5.91. The van der Waals surface area contributed by atoms with E-state index in [2.05, 4.69) is 10.3 Å². The van der Waals surface area contributed by atoms with Crippen molar-refractivity contribution in [2.45, 2.75) is 13.8 Å². The molecule has 0 spiro atoms. The molecule has 21 heavy (non-hydrogen) atoms. The van der Waals surface area contributed by atoms with Crippen molar-refractivity contribution in [2.75, 3.05) is 19.0 Å². The molecule has 0 bridgehead atoms. The maximum Gasteiger partial charge on any atom is 0.262 e. The average molecular weight is 286 g/mol. The minimum atomic E-state index is -0.233. The molecule has 0 aliphatic carbocycles. The third-order valence-electron chi connectivity index (χ3n) is 3.14. The second kappa shape index (κ2) is 6.74. The Hall–Kier alpha value is -2.56. The molecule has 0 aliphatic heterocycles. The molecule has 110 valence electrons. The Morgan fingerprint density at radius 1 is 1.24 bits per heavy atom. The molecule has 0 radical (unpaired) electrons. The molecule has 1 N–H and O–H groups in total. The highest BCUT2D eigenvalue weighted by Crippen LogP contribution is 2.20. The van der Waals surface area contributed by atoms with E-state index in [4.69, 9.17) is 9.47 Å². The van der Waals surface area contributed by atoms with Gasteiger partial charge in [0.1, 0.15) is 5.75 Å². The lowest BCUT2D eigenvalue weighted by molar-refractivity contribution is -0.118. The molecule has 0 saturated carbocycles. The van der Waals surface area contributed by atoms with Crippen molar-refractivity contribution in [3.8, 4) is 11.6 Å². The minimum Gasteiger partial charge on any atom is -0.483 e. The lowest BCUT2D eigenvalue weighted by atomic mass is 10.1. The fraction of sp³-hybridized carbons (Fsp3) is 0.250. The molecular weight excluding hydrogens is 268 g/mol. The van der Waals surface area contributed by atoms with Gasteiger partial charge in [-0.05, 0) is 37.1 Å². The summed E-state index contributed by atoms with van der Waals surface area (Å²) in [7, 11) is 1.54. The summed E-state index contributed by atoms with van der Waals surface area (Å²) in [6.07, 6.45) is 1.54. The first-order valence-electron chi connectivity index (χ1n) is 6.59. The summed E-state index contributed by atoms with van der Waals surface area (Å²) >= 11 is 0. The summed E-state index contributed by atoms with van der Waals surface area (Å²) in [5, 5.41) is 2.72. The first-order chi connectivity index (χ1) is 10.1. The number of carbonyl (C=O) groups excluding carboxylic acids is 1. The van der Waals surface area contributed by atoms with Gasteiger partial charge in [-0.25, -0.2) is 4.98 Å². The number of pyridine rings is 1. The van der Waals surface area contributed by atoms with Crippen LogP contribution < -0.4 is 14.8 Å². The third kappa shape index (κ3) is 3.95. The van der Waals surface area contributed by atoms with Crippen molar-refractivity contribution in [1.82, 2.24) is 4.98 Å². The van der Waals surface area contributed by atoms with E-state index in [1.807, 2.05) is 32.0 Å². The zero-order valence-electron chi connectivity index (χ0n) is 12.3. The Morgan fingerprint density at radius 2 is 2.05 bits per heavy atom. The van der Waals surface area contributed by atoms with E-state index in [1.54, 1.807) is 19.2 Å². The number of ether oxygens (including phenoxy) is 2. The van der Waals surface area contributed by atoms with Crippen molar-refractivity contribution in [3.63, 3.8) is 0 Å². The van der Waals surface area contributed by atoms with Crippen LogP contribution in [0.4, 0.5) is 5.69 Å². The van der Waals surface area contributed by atoms with Crippen molar-refractivity contribution in [2.24, 2.45) is 0 Å². The lowest BCUT2D eigenvalue weighted by Gasteiger charge is -2.11. The number of benzene rings is 1. The standard InChI is InChI=1S/C16H18N2O3/c1-11-5-4-6-14(12(11)2)21-10-15(19)18-13-7-8-16(20-3)17-9-13/h4-9H,10H2,1-3H3,(H,18,19). The number of carbonyl (C=O) groups is 1. The molecule has 0 aliphatic rings. The zero-order valence-corrected chi connectivity index (χ0v) is 12.3. The monoisotopic (exact) mass is 286 g/mol. The second-order valence-corrected chi connectivity index (χ2v) is 4.62. The van der Waals surface area contributed by atoms with Gasteiger partial charge in [0.15, 0.2) is 6.61 Å². The summed E-state index contributed by atoms with van der Waals surface area (Å²) in [6.45, 7) is 3.93. The van der Waals surface area contributed by atoms with Crippen LogP contribution in [0, 0.1) is 13.8 Å². The number of hydrogen-bond donors (Lipinski definition) is 1. The van der Waals surface area contributed by atoms with Gasteiger partial charge in [-0.2, -0.15) is 0 Å². The van der Waals surface area contributed by atoms with Crippen molar-refractivity contribution < 1.29 is 14.3 Å². The van der Waals surface area contributed by atoms with Crippen LogP contribution in [0.15, 0.2) is 36.5 Å². The summed E-state index contributed by atoms with van der Waals surface area (Å²) in [6, 6.07) is 9.17. The highest BCUT2D eigenvalue weighted by atomic mass is 16.5. The Labute approximate surface area is 123 Å². The van der Waals surface area contributed by atoms with E-state index in [1.165, 1.54) is 6.20 Å². The maximum absolute atomic E-state index is 11.8. The van der Waals surface area contributed by atoms with E-state index in [0.29, 0.717) is 11.6 Å². The van der Waals surface area contributed by atoms with Crippen LogP contribution >= 0.6 is 0 Å². The molecule has 2 rings (SSSR count). The molecule has 0 saturated heterocycles. The van der Waals surface area contributed by atoms with Gasteiger partial charge in [0.05, 0.1) is 19.0 Å². The molecule has 1 heterocycles. The summed E-state index contributed by atoms with van der Waals surface area (Å²) in [5.74, 6) is 0.987. The summed E-state index contributed by atoms with van der Waals surface area (Å²) in [4.78, 5) is 15.9. The van der Waals surface area contributed by atoms with E-state index in [0.717, 1.165) is 16.9 Å². The van der Waals surface area contributed by atoms with Gasteiger partial charge in [-0.15, -0.1) is 0 Å². The van der Waals surface area contributed by atoms with Crippen LogP contribution in [0.25, 0.3) is 0 Å². The van der Waals surface area contributed by atoms with E-state index in [9.17, 15) is 4.79 Å².